The lowest BCUT2D eigenvalue weighted by Gasteiger charge is -2.39. The van der Waals surface area contributed by atoms with Gasteiger partial charge in [0.1, 0.15) is 28.5 Å². The lowest BCUT2D eigenvalue weighted by molar-refractivity contribution is -0.0110. The molecular weight excluding hydrogens is 1860 g/mol. The number of methoxy groups -OCH3 is 4. The smallest absolute Gasteiger partial charge is 0.362 e. The van der Waals surface area contributed by atoms with E-state index in [-0.39, 0.29) is 90.9 Å². The van der Waals surface area contributed by atoms with Gasteiger partial charge in [0.05, 0.1) is 61.5 Å². The minimum atomic E-state index is -0.203. The van der Waals surface area contributed by atoms with E-state index >= 15 is 0 Å². The predicted octanol–water partition coefficient (Wildman–Crippen LogP) is 20.5. The van der Waals surface area contributed by atoms with Gasteiger partial charge in [-0.2, -0.15) is 24.2 Å². The number of nitrogens with zero attached hydrogens (tertiary/aromatic N) is 20. The van der Waals surface area contributed by atoms with Crippen LogP contribution < -0.4 is 0 Å². The first-order chi connectivity index (χ1) is 72.2. The number of amides is 5. The molecule has 10 atom stereocenters. The number of aryl methyl sites for hydroxylation is 5. The van der Waals surface area contributed by atoms with Crippen molar-refractivity contribution in [3.05, 3.63) is 360 Å². The molecule has 10 aromatic carbocycles. The van der Waals surface area contributed by atoms with Gasteiger partial charge in [-0.25, -0.2) is 24.0 Å². The monoisotopic (exact) mass is 1990 g/mol. The topological polar surface area (TPSA) is 301 Å². The molecule has 10 heterocycles. The van der Waals surface area contributed by atoms with E-state index in [1.165, 1.54) is 92.1 Å². The maximum Gasteiger partial charge on any atom is 0.362 e. The molecule has 0 N–H and O–H groups in total. The fourth-order valence-electron chi connectivity index (χ4n) is 19.8. The van der Waals surface area contributed by atoms with Crippen LogP contribution in [0.25, 0.3) is 56.3 Å². The van der Waals surface area contributed by atoms with Gasteiger partial charge in [0.15, 0.2) is 0 Å². The molecule has 5 amide bonds. The molecule has 1 saturated carbocycles. The molecule has 15 aromatic rings. The van der Waals surface area contributed by atoms with Crippen LogP contribution in [-0.2, 0) is 55.8 Å². The molecule has 766 valence electrons. The fourth-order valence-corrected chi connectivity index (χ4v) is 19.8. The number of piperidine rings is 5. The highest BCUT2D eigenvalue weighted by Gasteiger charge is 2.40. The fraction of sp³-hybridized carbons (Fsp3) is 0.364. The van der Waals surface area contributed by atoms with E-state index in [4.69, 9.17) is 23.7 Å². The van der Waals surface area contributed by atoms with E-state index in [1.54, 1.807) is 59.4 Å². The Hall–Kier alpha value is -15.0. The van der Waals surface area contributed by atoms with E-state index in [2.05, 4.69) is 131 Å². The zero-order valence-electron chi connectivity index (χ0n) is 86.0. The van der Waals surface area contributed by atoms with Crippen molar-refractivity contribution in [3.8, 4) is 56.3 Å². The lowest BCUT2D eigenvalue weighted by Crippen LogP contribution is -2.52. The average molecular weight is 1990 g/mol. The number of hydrogen-bond acceptors (Lipinski definition) is 20. The van der Waals surface area contributed by atoms with Crippen molar-refractivity contribution in [2.45, 2.75) is 205 Å². The number of ether oxygens (including phenoxy) is 5. The van der Waals surface area contributed by atoms with Gasteiger partial charge >= 0.3 is 30.2 Å². The largest absolute Gasteiger partial charge is 0.380 e. The zero-order chi connectivity index (χ0) is 103. The van der Waals surface area contributed by atoms with Crippen molar-refractivity contribution in [2.24, 2.45) is 5.92 Å². The predicted molar refractivity (Wildman–Crippen MR) is 570 cm³/mol. The summed E-state index contributed by atoms with van der Waals surface area (Å²) in [5, 5.41) is 42.5. The number of rotatable bonds is 22. The third kappa shape index (κ3) is 28.1. The first kappa shape index (κ1) is 104. The van der Waals surface area contributed by atoms with Crippen molar-refractivity contribution in [1.29, 1.82) is 0 Å². The normalized spacial score (nSPS) is 19.7. The molecule has 0 unspecified atom stereocenters. The Bertz CT molecular complexity index is 6090. The summed E-state index contributed by atoms with van der Waals surface area (Å²) in [6.07, 6.45) is 24.6. The second-order valence-corrected chi connectivity index (χ2v) is 39.6. The van der Waals surface area contributed by atoms with Gasteiger partial charge in [0.25, 0.3) is 0 Å². The Kier molecular flexibility index (Phi) is 35.9. The quantitative estimate of drug-likeness (QED) is 0.0609. The van der Waals surface area contributed by atoms with Gasteiger partial charge in [-0.3, -0.25) is 0 Å². The van der Waals surface area contributed by atoms with Crippen molar-refractivity contribution < 1.29 is 47.7 Å². The van der Waals surface area contributed by atoms with Gasteiger partial charge in [0.2, 0.25) is 0 Å². The molecule has 0 spiro atoms. The van der Waals surface area contributed by atoms with Crippen molar-refractivity contribution in [3.63, 3.8) is 0 Å². The summed E-state index contributed by atoms with van der Waals surface area (Å²) in [6, 6.07) is 91.5. The van der Waals surface area contributed by atoms with Crippen LogP contribution in [0.1, 0.15) is 133 Å². The van der Waals surface area contributed by atoms with Gasteiger partial charge in [-0.1, -0.05) is 326 Å². The van der Waals surface area contributed by atoms with Gasteiger partial charge < -0.3 is 48.2 Å². The third-order valence-electron chi connectivity index (χ3n) is 28.8. The van der Waals surface area contributed by atoms with E-state index in [0.717, 1.165) is 131 Å². The molecule has 21 rings (SSSR count). The summed E-state index contributed by atoms with van der Waals surface area (Å²) in [7, 11) is 6.81. The van der Waals surface area contributed by atoms with Crippen LogP contribution in [0.5, 0.6) is 0 Å². The van der Waals surface area contributed by atoms with Gasteiger partial charge in [-0.05, 0) is 178 Å². The highest BCUT2D eigenvalue weighted by molar-refractivity contribution is 5.81. The summed E-state index contributed by atoms with van der Waals surface area (Å²) < 4.78 is 32.5. The minimum absolute atomic E-state index is 0.0399. The Morgan fingerprint density at radius 2 is 0.486 bits per heavy atom. The number of carbonyl (C=O) groups is 5. The Morgan fingerprint density at radius 1 is 0.264 bits per heavy atom. The molecule has 1 aliphatic carbocycles. The van der Waals surface area contributed by atoms with Crippen molar-refractivity contribution in [1.82, 2.24) is 99.5 Å². The number of aromatic nitrogens is 15. The van der Waals surface area contributed by atoms with Gasteiger partial charge in [-0.15, -0.1) is 25.5 Å². The molecule has 0 radical (unpaired) electrons. The number of likely N-dealkylation sites (tertiary alicyclic amines) is 5. The first-order valence-electron chi connectivity index (χ1n) is 51.6. The Labute approximate surface area is 866 Å². The van der Waals surface area contributed by atoms with Crippen LogP contribution >= 0.6 is 0 Å². The molecule has 5 aliphatic heterocycles. The summed E-state index contributed by atoms with van der Waals surface area (Å²) in [5.74, 6) is 0.716. The van der Waals surface area contributed by atoms with E-state index in [9.17, 15) is 24.0 Å². The third-order valence-corrected chi connectivity index (χ3v) is 28.8. The maximum atomic E-state index is 13.5. The lowest BCUT2D eigenvalue weighted by atomic mass is 9.94. The number of carbonyl (C=O) groups excluding carboxylic acids is 5. The number of benzene rings is 10. The minimum Gasteiger partial charge on any atom is -0.380 e. The van der Waals surface area contributed by atoms with Crippen LogP contribution in [0.4, 0.5) is 24.0 Å². The average Bonchev–Trinajstić information content (AvgIpc) is 1.59. The Morgan fingerprint density at radius 3 is 0.723 bits per heavy atom. The maximum absolute atomic E-state index is 13.5. The van der Waals surface area contributed by atoms with Gasteiger partial charge in [0, 0.05) is 126 Å². The van der Waals surface area contributed by atoms with Crippen molar-refractivity contribution >= 4 is 30.2 Å². The highest BCUT2D eigenvalue weighted by atomic mass is 16.5. The van der Waals surface area contributed by atoms with Crippen LogP contribution in [0, 0.1) is 40.5 Å². The zero-order valence-corrected chi connectivity index (χ0v) is 86.0. The second kappa shape index (κ2) is 50.9. The molecule has 5 aromatic heterocycles. The summed E-state index contributed by atoms with van der Waals surface area (Å²) in [6.45, 7) is 13.9. The first-order valence-corrected chi connectivity index (χ1v) is 51.6. The molecule has 6 aliphatic rings. The second-order valence-electron chi connectivity index (χ2n) is 39.6. The molecule has 30 nitrogen and oxygen atoms in total. The summed E-state index contributed by atoms with van der Waals surface area (Å²) in [5.41, 5.74) is 20.3. The van der Waals surface area contributed by atoms with Crippen LogP contribution in [0.3, 0.4) is 0 Å². The molecule has 148 heavy (non-hydrogen) atoms. The Balaban J connectivity index is 0.000000126. The van der Waals surface area contributed by atoms with Crippen molar-refractivity contribution in [2.75, 3.05) is 67.8 Å². The van der Waals surface area contributed by atoms with Crippen LogP contribution in [0.2, 0.25) is 0 Å². The molecule has 5 saturated heterocycles. The molecule has 0 bridgehead atoms. The van der Waals surface area contributed by atoms with E-state index < -0.39 is 0 Å². The molecular formula is C118H134N20O10. The van der Waals surface area contributed by atoms with Crippen LogP contribution in [-0.4, -0.2) is 258 Å². The summed E-state index contributed by atoms with van der Waals surface area (Å²) >= 11 is 0. The van der Waals surface area contributed by atoms with Crippen LogP contribution in [0.15, 0.2) is 304 Å². The number of hydrogen-bond donors (Lipinski definition) is 0. The van der Waals surface area contributed by atoms with E-state index in [0.29, 0.717) is 67.1 Å². The standard InChI is InChI=1S/C26H30N4O2.4C23H26N4O2/c1-19-7-11-22(12-8-19)25-17-30(28-27-25)26(31)29-16-24(32-18-21-9-10-21)14-13-23(29)15-20-5-3-2-4-6-20;2*1-17-8-10-19(11-9-17)22-15-24-27(25-22)23(28)26-16-21(29-2)13-12-20(26)14-18-6-4-3-5-7-18;2*1-17-8-10-19(11-9-17)22-16-27(25-24-22)23(28)26-15-21(29-2)13-12-20(26)14-18-6-4-3-5-7-18/h2-8,11-12,17,21,23-24H,9-10,13-16,18H2,1H3;2*3-11,15,20-21H,12-14,16H2,1-2H3;2*3-11,16,20-21H,12-15H2,1-2H3/t23-,24-;20-,21+;20-,21-;20-,21+;20-,21-/m11111/s1. The van der Waals surface area contributed by atoms with E-state index in [1.807, 2.05) is 252 Å². The SMILES string of the molecule is CO[C@@H]1CC[C@H](Cc2ccccc2)N(C(=O)n2cc(-c3ccc(C)cc3)nn2)C1.CO[C@@H]1CC[C@H](Cc2ccccc2)N(C(=O)n2ncc(-c3ccc(C)cc3)n2)C1.CO[C@H]1CC[C@H](Cc2ccccc2)N(C(=O)n2cc(-c3ccc(C)cc3)nn2)C1.CO[C@H]1CC[C@H](Cc2ccccc2)N(C(=O)n2ncc(-c3ccc(C)cc3)n2)C1.Cc1ccc(-c2cn(C(=O)N3C[C@H](OCC4CC4)CC[C@@H]3Cc3ccccc3)nn2)cc1. The summed E-state index contributed by atoms with van der Waals surface area (Å²) in [4.78, 5) is 78.5. The highest BCUT2D eigenvalue weighted by Crippen LogP contribution is 2.35. The molecule has 6 fully saturated rings. The molecule has 30 heteroatoms.